The molecule has 5 nitrogen and oxygen atoms in total. The van der Waals surface area contributed by atoms with E-state index in [2.05, 4.69) is 4.90 Å². The van der Waals surface area contributed by atoms with Crippen molar-refractivity contribution in [1.29, 1.82) is 0 Å². The fourth-order valence-electron chi connectivity index (χ4n) is 2.17. The summed E-state index contributed by atoms with van der Waals surface area (Å²) in [5.41, 5.74) is 0.122. The van der Waals surface area contributed by atoms with Crippen molar-refractivity contribution >= 4 is 5.91 Å². The smallest absolute Gasteiger partial charge is 0.257 e. The molecule has 0 atom stereocenters. The van der Waals surface area contributed by atoms with Crippen molar-refractivity contribution < 1.29 is 19.4 Å². The Morgan fingerprint density at radius 2 is 1.95 bits per heavy atom. The van der Waals surface area contributed by atoms with Gasteiger partial charge in [0.2, 0.25) is 0 Å². The number of rotatable bonds is 3. The van der Waals surface area contributed by atoms with Gasteiger partial charge in [-0.05, 0) is 12.1 Å². The van der Waals surface area contributed by atoms with Crippen molar-refractivity contribution in [1.82, 2.24) is 9.80 Å². The van der Waals surface area contributed by atoms with E-state index in [0.29, 0.717) is 32.7 Å². The topological polar surface area (TPSA) is 64.0 Å². The van der Waals surface area contributed by atoms with Crippen LogP contribution in [-0.2, 0) is 0 Å². The molecule has 0 aromatic heterocycles. The second-order valence-electron chi connectivity index (χ2n) is 4.52. The van der Waals surface area contributed by atoms with Crippen LogP contribution in [0, 0.1) is 5.82 Å². The molecule has 1 saturated heterocycles. The van der Waals surface area contributed by atoms with Crippen molar-refractivity contribution in [2.24, 2.45) is 0 Å². The minimum Gasteiger partial charge on any atom is -0.507 e. The van der Waals surface area contributed by atoms with Crippen LogP contribution in [0.2, 0.25) is 0 Å². The highest BCUT2D eigenvalue weighted by atomic mass is 19.1. The summed E-state index contributed by atoms with van der Waals surface area (Å²) in [6, 6.07) is 3.40. The Kier molecular flexibility index (Phi) is 4.34. The summed E-state index contributed by atoms with van der Waals surface area (Å²) in [5, 5.41) is 18.4. The Hall–Kier alpha value is -1.66. The van der Waals surface area contributed by atoms with Crippen LogP contribution in [-0.4, -0.2) is 65.3 Å². The van der Waals surface area contributed by atoms with Crippen molar-refractivity contribution in [3.8, 4) is 5.75 Å². The zero-order chi connectivity index (χ0) is 13.8. The molecule has 0 aliphatic carbocycles. The standard InChI is InChI=1S/C13H17FN2O3/c14-10-1-2-11(12(18)9-10)13(19)16-5-3-15(4-6-16)7-8-17/h1-2,9,17-18H,3-8H2. The number of hydrogen-bond donors (Lipinski definition) is 2. The first-order valence-corrected chi connectivity index (χ1v) is 6.23. The summed E-state index contributed by atoms with van der Waals surface area (Å²) in [5.74, 6) is -1.19. The number of hydrogen-bond acceptors (Lipinski definition) is 4. The minimum absolute atomic E-state index is 0.104. The van der Waals surface area contributed by atoms with Crippen LogP contribution >= 0.6 is 0 Å². The van der Waals surface area contributed by atoms with E-state index >= 15 is 0 Å². The van der Waals surface area contributed by atoms with Gasteiger partial charge in [-0.3, -0.25) is 9.69 Å². The number of aliphatic hydroxyl groups excluding tert-OH is 1. The van der Waals surface area contributed by atoms with Crippen molar-refractivity contribution in [2.75, 3.05) is 39.3 Å². The molecule has 0 saturated carbocycles. The third-order valence-electron chi connectivity index (χ3n) is 3.27. The molecule has 1 aliphatic heterocycles. The van der Waals surface area contributed by atoms with Gasteiger partial charge < -0.3 is 15.1 Å². The predicted molar refractivity (Wildman–Crippen MR) is 67.5 cm³/mol. The lowest BCUT2D eigenvalue weighted by atomic mass is 10.1. The van der Waals surface area contributed by atoms with E-state index in [1.54, 1.807) is 4.90 Å². The van der Waals surface area contributed by atoms with Crippen LogP contribution in [0.1, 0.15) is 10.4 Å². The number of nitrogens with zero attached hydrogens (tertiary/aromatic N) is 2. The van der Waals surface area contributed by atoms with E-state index < -0.39 is 5.82 Å². The molecule has 1 aromatic carbocycles. The first-order chi connectivity index (χ1) is 9.11. The molecular weight excluding hydrogens is 251 g/mol. The number of phenolic OH excluding ortho intramolecular Hbond substituents is 1. The van der Waals surface area contributed by atoms with Crippen molar-refractivity contribution in [3.63, 3.8) is 0 Å². The Morgan fingerprint density at radius 3 is 2.53 bits per heavy atom. The fourth-order valence-corrected chi connectivity index (χ4v) is 2.17. The summed E-state index contributed by atoms with van der Waals surface area (Å²) >= 11 is 0. The number of benzene rings is 1. The van der Waals surface area contributed by atoms with Gasteiger partial charge in [-0.2, -0.15) is 0 Å². The zero-order valence-corrected chi connectivity index (χ0v) is 10.5. The average molecular weight is 268 g/mol. The van der Waals surface area contributed by atoms with Gasteiger partial charge in [0, 0.05) is 38.8 Å². The van der Waals surface area contributed by atoms with Crippen molar-refractivity contribution in [3.05, 3.63) is 29.6 Å². The Bertz CT molecular complexity index is 459. The van der Waals surface area contributed by atoms with Crippen LogP contribution in [0.5, 0.6) is 5.75 Å². The monoisotopic (exact) mass is 268 g/mol. The molecule has 6 heteroatoms. The van der Waals surface area contributed by atoms with E-state index in [4.69, 9.17) is 5.11 Å². The molecule has 0 radical (unpaired) electrons. The number of β-amino-alcohol motifs (C(OH)–C–C–N with tert-alkyl or cyclic N) is 1. The zero-order valence-electron chi connectivity index (χ0n) is 10.5. The highest BCUT2D eigenvalue weighted by molar-refractivity contribution is 5.96. The highest BCUT2D eigenvalue weighted by Crippen LogP contribution is 2.20. The third kappa shape index (κ3) is 3.21. The van der Waals surface area contributed by atoms with Crippen LogP contribution in [0.3, 0.4) is 0 Å². The summed E-state index contributed by atoms with van der Waals surface area (Å²) in [6.07, 6.45) is 0. The molecule has 2 N–H and O–H groups in total. The molecule has 1 fully saturated rings. The molecule has 1 amide bonds. The van der Waals surface area contributed by atoms with Gasteiger partial charge in [0.15, 0.2) is 0 Å². The number of halogens is 1. The van der Waals surface area contributed by atoms with E-state index in [-0.39, 0.29) is 23.8 Å². The normalized spacial score (nSPS) is 16.6. The van der Waals surface area contributed by atoms with E-state index in [0.717, 1.165) is 12.1 Å². The minimum atomic E-state index is -0.568. The maximum atomic E-state index is 12.9. The number of aromatic hydroxyl groups is 1. The van der Waals surface area contributed by atoms with Crippen LogP contribution < -0.4 is 0 Å². The molecule has 1 aromatic rings. The lowest BCUT2D eigenvalue weighted by Crippen LogP contribution is -2.49. The summed E-state index contributed by atoms with van der Waals surface area (Å²) in [4.78, 5) is 15.9. The Morgan fingerprint density at radius 1 is 1.26 bits per heavy atom. The van der Waals surface area contributed by atoms with E-state index in [1.807, 2.05) is 0 Å². The molecule has 1 heterocycles. The van der Waals surface area contributed by atoms with E-state index in [1.165, 1.54) is 6.07 Å². The van der Waals surface area contributed by atoms with Gasteiger partial charge in [0.25, 0.3) is 5.91 Å². The first-order valence-electron chi connectivity index (χ1n) is 6.23. The average Bonchev–Trinajstić information content (AvgIpc) is 2.39. The molecule has 0 spiro atoms. The lowest BCUT2D eigenvalue weighted by Gasteiger charge is -2.34. The molecule has 0 bridgehead atoms. The van der Waals surface area contributed by atoms with Gasteiger partial charge in [-0.15, -0.1) is 0 Å². The Balaban J connectivity index is 2.01. The quantitative estimate of drug-likeness (QED) is 0.826. The molecule has 104 valence electrons. The van der Waals surface area contributed by atoms with Gasteiger partial charge in [0.1, 0.15) is 11.6 Å². The number of aliphatic hydroxyl groups is 1. The summed E-state index contributed by atoms with van der Waals surface area (Å²) < 4.78 is 12.9. The van der Waals surface area contributed by atoms with Crippen LogP contribution in [0.25, 0.3) is 0 Å². The molecule has 0 unspecified atom stereocenters. The van der Waals surface area contributed by atoms with Gasteiger partial charge >= 0.3 is 0 Å². The molecule has 19 heavy (non-hydrogen) atoms. The lowest BCUT2D eigenvalue weighted by molar-refractivity contribution is 0.0612. The number of carbonyl (C=O) groups excluding carboxylic acids is 1. The number of amides is 1. The van der Waals surface area contributed by atoms with Crippen LogP contribution in [0.15, 0.2) is 18.2 Å². The van der Waals surface area contributed by atoms with Gasteiger partial charge in [0.05, 0.1) is 12.2 Å². The molecule has 2 rings (SSSR count). The summed E-state index contributed by atoms with van der Waals surface area (Å²) in [6.45, 7) is 3.16. The summed E-state index contributed by atoms with van der Waals surface area (Å²) in [7, 11) is 0. The molecule has 1 aliphatic rings. The maximum Gasteiger partial charge on any atom is 0.257 e. The maximum absolute atomic E-state index is 12.9. The van der Waals surface area contributed by atoms with Gasteiger partial charge in [-0.1, -0.05) is 0 Å². The molecular formula is C13H17FN2O3. The number of carbonyl (C=O) groups is 1. The number of piperazine rings is 1. The second kappa shape index (κ2) is 5.99. The fraction of sp³-hybridized carbons (Fsp3) is 0.462. The first kappa shape index (κ1) is 13.8. The van der Waals surface area contributed by atoms with Gasteiger partial charge in [-0.25, -0.2) is 4.39 Å². The second-order valence-corrected chi connectivity index (χ2v) is 4.52. The van der Waals surface area contributed by atoms with Crippen LogP contribution in [0.4, 0.5) is 4.39 Å². The largest absolute Gasteiger partial charge is 0.507 e. The highest BCUT2D eigenvalue weighted by Gasteiger charge is 2.23. The van der Waals surface area contributed by atoms with E-state index in [9.17, 15) is 14.3 Å². The number of phenols is 1. The third-order valence-corrected chi connectivity index (χ3v) is 3.27. The predicted octanol–water partition coefficient (Wildman–Crippen LogP) is 0.281. The van der Waals surface area contributed by atoms with Crippen molar-refractivity contribution in [2.45, 2.75) is 0 Å². The Labute approximate surface area is 110 Å². The SMILES string of the molecule is O=C(c1ccc(F)cc1O)N1CCN(CCO)CC1.